The quantitative estimate of drug-likeness (QED) is 0.411. The molecule has 35 heavy (non-hydrogen) atoms. The van der Waals surface area contributed by atoms with Gasteiger partial charge in [0.1, 0.15) is 12.1 Å². The Morgan fingerprint density at radius 1 is 1.00 bits per heavy atom. The summed E-state index contributed by atoms with van der Waals surface area (Å²) in [6, 6.07) is 8.44. The SMILES string of the molecule is CCCC[C@H](NC(=O)C1(NC(=O)OCc2ccccc2)CCCCC1)C(=O)C(=O)NC1CCCC1. The van der Waals surface area contributed by atoms with Crippen molar-refractivity contribution in [2.24, 2.45) is 0 Å². The van der Waals surface area contributed by atoms with Crippen LogP contribution in [-0.4, -0.2) is 41.3 Å². The Kier molecular flexibility index (Phi) is 10.1. The molecule has 192 valence electrons. The van der Waals surface area contributed by atoms with E-state index in [0.29, 0.717) is 25.7 Å². The molecule has 1 aromatic carbocycles. The average molecular weight is 486 g/mol. The van der Waals surface area contributed by atoms with E-state index in [1.54, 1.807) is 0 Å². The Balaban J connectivity index is 1.65. The molecule has 3 amide bonds. The van der Waals surface area contributed by atoms with Crippen LogP contribution in [0, 0.1) is 0 Å². The van der Waals surface area contributed by atoms with Gasteiger partial charge in [-0.2, -0.15) is 0 Å². The second kappa shape index (κ2) is 13.3. The summed E-state index contributed by atoms with van der Waals surface area (Å²) in [5, 5.41) is 8.47. The number of carbonyl (C=O) groups is 4. The molecule has 2 aliphatic carbocycles. The lowest BCUT2D eigenvalue weighted by atomic mass is 9.80. The monoisotopic (exact) mass is 485 g/mol. The summed E-state index contributed by atoms with van der Waals surface area (Å²) < 4.78 is 5.37. The van der Waals surface area contributed by atoms with E-state index in [1.807, 2.05) is 37.3 Å². The highest BCUT2D eigenvalue weighted by Gasteiger charge is 2.43. The molecule has 0 bridgehead atoms. The highest BCUT2D eigenvalue weighted by molar-refractivity contribution is 6.38. The lowest BCUT2D eigenvalue weighted by Gasteiger charge is -2.37. The Hall–Kier alpha value is -2.90. The van der Waals surface area contributed by atoms with Gasteiger partial charge in [0.25, 0.3) is 5.91 Å². The molecule has 8 nitrogen and oxygen atoms in total. The standard InChI is InChI=1S/C27H39N3O5/c1-2-3-16-22(23(31)24(32)28-21-14-8-9-15-21)29-25(33)27(17-10-5-11-18-27)30-26(34)35-19-20-12-6-4-7-13-20/h4,6-7,12-13,21-22H,2-3,5,8-11,14-19H2,1H3,(H,28,32)(H,29,33)(H,30,34)/t22-/m0/s1. The molecule has 3 rings (SSSR count). The number of alkyl carbamates (subject to hydrolysis) is 1. The van der Waals surface area contributed by atoms with Gasteiger partial charge in [-0.1, -0.05) is 82.2 Å². The second-order valence-corrected chi connectivity index (χ2v) is 9.82. The summed E-state index contributed by atoms with van der Waals surface area (Å²) in [7, 11) is 0. The Labute approximate surface area is 207 Å². The molecule has 1 atom stereocenters. The van der Waals surface area contributed by atoms with Crippen LogP contribution in [0.15, 0.2) is 30.3 Å². The molecule has 8 heteroatoms. The van der Waals surface area contributed by atoms with Gasteiger partial charge in [-0.15, -0.1) is 0 Å². The molecular formula is C27H39N3O5. The van der Waals surface area contributed by atoms with Crippen molar-refractivity contribution in [3.05, 3.63) is 35.9 Å². The number of rotatable bonds is 11. The molecule has 1 aromatic rings. The van der Waals surface area contributed by atoms with Crippen LogP contribution in [0.2, 0.25) is 0 Å². The summed E-state index contributed by atoms with van der Waals surface area (Å²) >= 11 is 0. The van der Waals surface area contributed by atoms with Crippen molar-refractivity contribution < 1.29 is 23.9 Å². The van der Waals surface area contributed by atoms with E-state index in [0.717, 1.165) is 56.9 Å². The summed E-state index contributed by atoms with van der Waals surface area (Å²) in [5.74, 6) is -1.67. The molecule has 3 N–H and O–H groups in total. The third kappa shape index (κ3) is 7.80. The van der Waals surface area contributed by atoms with Gasteiger partial charge in [0.15, 0.2) is 0 Å². The first kappa shape index (κ1) is 26.7. The number of hydrogen-bond donors (Lipinski definition) is 3. The van der Waals surface area contributed by atoms with Crippen molar-refractivity contribution in [2.45, 2.75) is 108 Å². The minimum absolute atomic E-state index is 0.0275. The first-order valence-corrected chi connectivity index (χ1v) is 13.1. The fourth-order valence-corrected chi connectivity index (χ4v) is 4.98. The summed E-state index contributed by atoms with van der Waals surface area (Å²) in [4.78, 5) is 51.8. The summed E-state index contributed by atoms with van der Waals surface area (Å²) in [5.41, 5.74) is -0.304. The lowest BCUT2D eigenvalue weighted by Crippen LogP contribution is -2.62. The molecule has 0 aliphatic heterocycles. The van der Waals surface area contributed by atoms with Crippen LogP contribution in [0.3, 0.4) is 0 Å². The van der Waals surface area contributed by atoms with E-state index >= 15 is 0 Å². The van der Waals surface area contributed by atoms with E-state index in [1.165, 1.54) is 0 Å². The molecule has 0 radical (unpaired) electrons. The predicted molar refractivity (Wildman–Crippen MR) is 132 cm³/mol. The van der Waals surface area contributed by atoms with Gasteiger partial charge in [0, 0.05) is 6.04 Å². The van der Waals surface area contributed by atoms with Gasteiger partial charge >= 0.3 is 6.09 Å². The topological polar surface area (TPSA) is 114 Å². The van der Waals surface area contributed by atoms with Crippen molar-refractivity contribution >= 4 is 23.7 Å². The first-order valence-electron chi connectivity index (χ1n) is 13.1. The first-order chi connectivity index (χ1) is 16.9. The van der Waals surface area contributed by atoms with Gasteiger partial charge < -0.3 is 20.7 Å². The molecule has 2 aliphatic rings. The molecule has 2 saturated carbocycles. The summed E-state index contributed by atoms with van der Waals surface area (Å²) in [6.45, 7) is 2.10. The largest absolute Gasteiger partial charge is 0.445 e. The van der Waals surface area contributed by atoms with E-state index in [9.17, 15) is 19.2 Å². The van der Waals surface area contributed by atoms with Gasteiger partial charge in [0.2, 0.25) is 11.7 Å². The zero-order chi connectivity index (χ0) is 25.1. The predicted octanol–water partition coefficient (Wildman–Crippen LogP) is 3.92. The molecule has 0 heterocycles. The molecule has 0 spiro atoms. The van der Waals surface area contributed by atoms with Crippen LogP contribution in [0.5, 0.6) is 0 Å². The van der Waals surface area contributed by atoms with Crippen LogP contribution >= 0.6 is 0 Å². The number of amides is 3. The third-order valence-electron chi connectivity index (χ3n) is 7.08. The number of benzene rings is 1. The molecule has 2 fully saturated rings. The normalized spacial score (nSPS) is 18.3. The van der Waals surface area contributed by atoms with Crippen molar-refractivity contribution in [3.63, 3.8) is 0 Å². The van der Waals surface area contributed by atoms with Gasteiger partial charge in [-0.05, 0) is 37.7 Å². The number of ketones is 1. The number of carbonyl (C=O) groups excluding carboxylic acids is 4. The maximum Gasteiger partial charge on any atom is 0.408 e. The smallest absolute Gasteiger partial charge is 0.408 e. The lowest BCUT2D eigenvalue weighted by molar-refractivity contribution is -0.141. The third-order valence-corrected chi connectivity index (χ3v) is 7.08. The number of Topliss-reactive ketones (excluding diaryl/α,β-unsaturated/α-hetero) is 1. The molecule has 0 saturated heterocycles. The fraction of sp³-hybridized carbons (Fsp3) is 0.630. The molecular weight excluding hydrogens is 446 g/mol. The number of hydrogen-bond acceptors (Lipinski definition) is 5. The van der Waals surface area contributed by atoms with Crippen LogP contribution in [-0.2, 0) is 25.7 Å². The van der Waals surface area contributed by atoms with Gasteiger partial charge in [0.05, 0.1) is 6.04 Å². The fourth-order valence-electron chi connectivity index (χ4n) is 4.98. The molecule has 0 unspecified atom stereocenters. The van der Waals surface area contributed by atoms with Gasteiger partial charge in [-0.3, -0.25) is 14.4 Å². The van der Waals surface area contributed by atoms with E-state index in [-0.39, 0.29) is 12.6 Å². The summed E-state index contributed by atoms with van der Waals surface area (Å²) in [6.07, 6.45) is 8.55. The van der Waals surface area contributed by atoms with Crippen molar-refractivity contribution in [2.75, 3.05) is 0 Å². The highest BCUT2D eigenvalue weighted by atomic mass is 16.5. The second-order valence-electron chi connectivity index (χ2n) is 9.82. The van der Waals surface area contributed by atoms with Crippen LogP contribution in [0.4, 0.5) is 4.79 Å². The minimum atomic E-state index is -1.15. The zero-order valence-corrected chi connectivity index (χ0v) is 20.8. The maximum atomic E-state index is 13.5. The highest BCUT2D eigenvalue weighted by Crippen LogP contribution is 2.29. The Morgan fingerprint density at radius 2 is 1.69 bits per heavy atom. The van der Waals surface area contributed by atoms with E-state index in [2.05, 4.69) is 16.0 Å². The Bertz CT molecular complexity index is 861. The number of ether oxygens (including phenoxy) is 1. The zero-order valence-electron chi connectivity index (χ0n) is 20.8. The van der Waals surface area contributed by atoms with Crippen LogP contribution in [0.25, 0.3) is 0 Å². The Morgan fingerprint density at radius 3 is 2.34 bits per heavy atom. The maximum absolute atomic E-state index is 13.5. The van der Waals surface area contributed by atoms with Crippen molar-refractivity contribution in [3.8, 4) is 0 Å². The van der Waals surface area contributed by atoms with Crippen molar-refractivity contribution in [1.82, 2.24) is 16.0 Å². The average Bonchev–Trinajstić information content (AvgIpc) is 3.39. The van der Waals surface area contributed by atoms with Crippen LogP contribution < -0.4 is 16.0 Å². The minimum Gasteiger partial charge on any atom is -0.445 e. The van der Waals surface area contributed by atoms with E-state index < -0.39 is 35.3 Å². The van der Waals surface area contributed by atoms with Crippen molar-refractivity contribution in [1.29, 1.82) is 0 Å². The number of nitrogens with one attached hydrogen (secondary N) is 3. The van der Waals surface area contributed by atoms with Crippen LogP contribution in [0.1, 0.15) is 89.5 Å². The molecule has 0 aromatic heterocycles. The van der Waals surface area contributed by atoms with E-state index in [4.69, 9.17) is 4.74 Å². The number of unbranched alkanes of at least 4 members (excludes halogenated alkanes) is 1. The van der Waals surface area contributed by atoms with Gasteiger partial charge in [-0.25, -0.2) is 4.79 Å².